The number of benzene rings is 1. The van der Waals surface area contributed by atoms with Gasteiger partial charge in [-0.1, -0.05) is 12.1 Å². The average Bonchev–Trinajstić information content (AvgIpc) is 2.25. The van der Waals surface area contributed by atoms with Crippen LogP contribution in [0.3, 0.4) is 0 Å². The number of carbonyl (C=O) groups excluding carboxylic acids is 2. The lowest BCUT2D eigenvalue weighted by atomic mass is 10.1. The zero-order valence-corrected chi connectivity index (χ0v) is 11.2. The van der Waals surface area contributed by atoms with Crippen molar-refractivity contribution in [3.63, 3.8) is 0 Å². The maximum atomic E-state index is 11.8. The van der Waals surface area contributed by atoms with E-state index in [1.54, 1.807) is 0 Å². The Morgan fingerprint density at radius 3 is 2.69 bits per heavy atom. The highest BCUT2D eigenvalue weighted by Crippen LogP contribution is 2.15. The minimum Gasteiger partial charge on any atom is -0.468 e. The number of aryl methyl sites for hydroxylation is 1. The smallest absolute Gasteiger partial charge is 0.325 e. The molecule has 0 radical (unpaired) electrons. The van der Waals surface area contributed by atoms with Crippen LogP contribution in [-0.2, 0) is 9.53 Å². The van der Waals surface area contributed by atoms with Gasteiger partial charge in [0.05, 0.1) is 12.7 Å². The van der Waals surface area contributed by atoms with Crippen molar-refractivity contribution >= 4 is 34.5 Å². The Hall–Kier alpha value is -1.11. The van der Waals surface area contributed by atoms with Crippen LogP contribution in [0, 0.1) is 10.5 Å². The molecular weight excluding hydrogens is 321 g/mol. The summed E-state index contributed by atoms with van der Waals surface area (Å²) in [6, 6.07) is 5.59. The molecule has 0 fully saturated rings. The first-order valence-electron chi connectivity index (χ1n) is 4.66. The van der Waals surface area contributed by atoms with E-state index in [9.17, 15) is 9.59 Å². The molecule has 86 valence electrons. The van der Waals surface area contributed by atoms with Crippen LogP contribution in [0.2, 0.25) is 0 Å². The molecule has 1 aromatic carbocycles. The molecular formula is C11H12INO3. The minimum atomic E-state index is -0.461. The van der Waals surface area contributed by atoms with E-state index >= 15 is 0 Å². The molecule has 16 heavy (non-hydrogen) atoms. The number of hydrogen-bond donors (Lipinski definition) is 1. The SMILES string of the molecule is COC(=O)CNC(=O)c1c(C)cccc1I. The first kappa shape index (κ1) is 13.0. The summed E-state index contributed by atoms with van der Waals surface area (Å²) in [6.45, 7) is 1.75. The van der Waals surface area contributed by atoms with Gasteiger partial charge < -0.3 is 10.1 Å². The molecule has 0 unspecified atom stereocenters. The number of hydrogen-bond acceptors (Lipinski definition) is 3. The lowest BCUT2D eigenvalue weighted by Gasteiger charge is -2.08. The number of halogens is 1. The Labute approximate surface area is 108 Å². The number of carbonyl (C=O) groups is 2. The molecule has 0 saturated carbocycles. The maximum Gasteiger partial charge on any atom is 0.325 e. The summed E-state index contributed by atoms with van der Waals surface area (Å²) >= 11 is 2.09. The molecule has 0 saturated heterocycles. The van der Waals surface area contributed by atoms with Crippen molar-refractivity contribution in [2.75, 3.05) is 13.7 Å². The predicted octanol–water partition coefficient (Wildman–Crippen LogP) is 1.50. The highest BCUT2D eigenvalue weighted by Gasteiger charge is 2.13. The number of amides is 1. The molecule has 0 atom stereocenters. The quantitative estimate of drug-likeness (QED) is 0.674. The largest absolute Gasteiger partial charge is 0.468 e. The Balaban J connectivity index is 2.77. The molecule has 0 bridgehead atoms. The van der Waals surface area contributed by atoms with Crippen molar-refractivity contribution < 1.29 is 14.3 Å². The first-order valence-corrected chi connectivity index (χ1v) is 5.74. The van der Waals surface area contributed by atoms with E-state index in [-0.39, 0.29) is 12.5 Å². The summed E-state index contributed by atoms with van der Waals surface area (Å²) in [6.07, 6.45) is 0. The molecule has 1 aromatic rings. The molecule has 4 nitrogen and oxygen atoms in total. The zero-order chi connectivity index (χ0) is 12.1. The van der Waals surface area contributed by atoms with Gasteiger partial charge in [0.15, 0.2) is 0 Å². The lowest BCUT2D eigenvalue weighted by molar-refractivity contribution is -0.139. The average molecular weight is 333 g/mol. The zero-order valence-electron chi connectivity index (χ0n) is 9.04. The molecule has 1 rings (SSSR count). The third kappa shape index (κ3) is 3.19. The summed E-state index contributed by atoms with van der Waals surface area (Å²) in [7, 11) is 1.28. The van der Waals surface area contributed by atoms with Gasteiger partial charge in [-0.15, -0.1) is 0 Å². The van der Waals surface area contributed by atoms with E-state index in [4.69, 9.17) is 0 Å². The number of nitrogens with one attached hydrogen (secondary N) is 1. The van der Waals surface area contributed by atoms with Crippen LogP contribution < -0.4 is 5.32 Å². The van der Waals surface area contributed by atoms with Crippen LogP contribution in [0.25, 0.3) is 0 Å². The Morgan fingerprint density at radius 2 is 2.12 bits per heavy atom. The van der Waals surface area contributed by atoms with Crippen molar-refractivity contribution in [3.8, 4) is 0 Å². The van der Waals surface area contributed by atoms with E-state index in [0.717, 1.165) is 9.13 Å². The lowest BCUT2D eigenvalue weighted by Crippen LogP contribution is -2.31. The number of methoxy groups -OCH3 is 1. The second-order valence-corrected chi connectivity index (χ2v) is 4.35. The summed E-state index contributed by atoms with van der Waals surface area (Å²) in [5, 5.41) is 2.51. The fourth-order valence-corrected chi connectivity index (χ4v) is 2.11. The van der Waals surface area contributed by atoms with Gasteiger partial charge in [-0.25, -0.2) is 0 Å². The van der Waals surface area contributed by atoms with Crippen molar-refractivity contribution in [1.82, 2.24) is 5.32 Å². The molecule has 1 N–H and O–H groups in total. The second-order valence-electron chi connectivity index (χ2n) is 3.19. The molecule has 0 aliphatic heterocycles. The molecule has 1 amide bonds. The molecule has 0 aliphatic carbocycles. The third-order valence-electron chi connectivity index (χ3n) is 2.07. The Kier molecular flexibility index (Phi) is 4.72. The molecule has 0 aromatic heterocycles. The van der Waals surface area contributed by atoms with E-state index in [2.05, 4.69) is 32.6 Å². The van der Waals surface area contributed by atoms with Crippen molar-refractivity contribution in [1.29, 1.82) is 0 Å². The standard InChI is InChI=1S/C11H12INO3/c1-7-4-3-5-8(12)10(7)11(15)13-6-9(14)16-2/h3-5H,6H2,1-2H3,(H,13,15). The third-order valence-corrected chi connectivity index (χ3v) is 2.97. The van der Waals surface area contributed by atoms with E-state index in [0.29, 0.717) is 5.56 Å². The Bertz CT molecular complexity index is 397. The molecule has 5 heteroatoms. The minimum absolute atomic E-state index is 0.111. The second kappa shape index (κ2) is 5.83. The van der Waals surface area contributed by atoms with Crippen molar-refractivity contribution in [2.24, 2.45) is 0 Å². The first-order chi connectivity index (χ1) is 7.56. The summed E-state index contributed by atoms with van der Waals surface area (Å²) in [5.41, 5.74) is 1.49. The Morgan fingerprint density at radius 1 is 1.44 bits per heavy atom. The molecule has 0 heterocycles. The van der Waals surface area contributed by atoms with Crippen LogP contribution in [0.1, 0.15) is 15.9 Å². The van der Waals surface area contributed by atoms with E-state index in [1.807, 2.05) is 25.1 Å². The van der Waals surface area contributed by atoms with E-state index in [1.165, 1.54) is 7.11 Å². The fraction of sp³-hybridized carbons (Fsp3) is 0.273. The van der Waals surface area contributed by atoms with Gasteiger partial charge in [0.1, 0.15) is 6.54 Å². The van der Waals surface area contributed by atoms with Gasteiger partial charge in [-0.05, 0) is 41.1 Å². The molecule has 0 aliphatic rings. The van der Waals surface area contributed by atoms with Gasteiger partial charge in [0, 0.05) is 3.57 Å². The van der Waals surface area contributed by atoms with Crippen LogP contribution in [0.4, 0.5) is 0 Å². The summed E-state index contributed by atoms with van der Waals surface area (Å²) in [4.78, 5) is 22.7. The topological polar surface area (TPSA) is 55.4 Å². The van der Waals surface area contributed by atoms with Gasteiger partial charge in [-0.3, -0.25) is 9.59 Å². The van der Waals surface area contributed by atoms with Crippen LogP contribution >= 0.6 is 22.6 Å². The van der Waals surface area contributed by atoms with Crippen LogP contribution in [0.15, 0.2) is 18.2 Å². The van der Waals surface area contributed by atoms with E-state index < -0.39 is 5.97 Å². The monoisotopic (exact) mass is 333 g/mol. The number of esters is 1. The van der Waals surface area contributed by atoms with Crippen LogP contribution in [0.5, 0.6) is 0 Å². The highest BCUT2D eigenvalue weighted by molar-refractivity contribution is 14.1. The fourth-order valence-electron chi connectivity index (χ4n) is 1.23. The van der Waals surface area contributed by atoms with Gasteiger partial charge >= 0.3 is 5.97 Å². The van der Waals surface area contributed by atoms with Crippen LogP contribution in [-0.4, -0.2) is 25.5 Å². The molecule has 0 spiro atoms. The van der Waals surface area contributed by atoms with Crippen molar-refractivity contribution in [2.45, 2.75) is 6.92 Å². The normalized spacial score (nSPS) is 9.69. The summed E-state index contributed by atoms with van der Waals surface area (Å²) < 4.78 is 5.30. The van der Waals surface area contributed by atoms with Crippen molar-refractivity contribution in [3.05, 3.63) is 32.9 Å². The number of ether oxygens (including phenoxy) is 1. The van der Waals surface area contributed by atoms with Gasteiger partial charge in [-0.2, -0.15) is 0 Å². The van der Waals surface area contributed by atoms with Gasteiger partial charge in [0.25, 0.3) is 5.91 Å². The van der Waals surface area contributed by atoms with Gasteiger partial charge in [0.2, 0.25) is 0 Å². The maximum absolute atomic E-state index is 11.8. The summed E-state index contributed by atoms with van der Waals surface area (Å²) in [5.74, 6) is -0.718. The highest BCUT2D eigenvalue weighted by atomic mass is 127. The number of rotatable bonds is 3. The predicted molar refractivity (Wildman–Crippen MR) is 68.2 cm³/mol.